The second-order valence-electron chi connectivity index (χ2n) is 4.34. The quantitative estimate of drug-likeness (QED) is 0.740. The zero-order chi connectivity index (χ0) is 12.4. The number of rotatable bonds is 2. The van der Waals surface area contributed by atoms with E-state index in [-0.39, 0.29) is 0 Å². The lowest BCUT2D eigenvalue weighted by atomic mass is 10.2. The maximum atomic E-state index is 3.99. The first-order chi connectivity index (χ1) is 8.19. The molecule has 0 radical (unpaired) electrons. The van der Waals surface area contributed by atoms with Crippen LogP contribution in [-0.4, -0.2) is 4.57 Å². The molecule has 1 aromatic carbocycles. The van der Waals surface area contributed by atoms with Gasteiger partial charge in [-0.05, 0) is 32.9 Å². The van der Waals surface area contributed by atoms with Crippen LogP contribution in [0.5, 0.6) is 0 Å². The molecule has 1 heterocycles. The van der Waals surface area contributed by atoms with E-state index >= 15 is 0 Å². The highest BCUT2D eigenvalue weighted by molar-refractivity contribution is 5.82. The van der Waals surface area contributed by atoms with Gasteiger partial charge in [-0.3, -0.25) is 0 Å². The highest BCUT2D eigenvalue weighted by Gasteiger charge is 2.04. The molecule has 0 aliphatic heterocycles. The van der Waals surface area contributed by atoms with Crippen molar-refractivity contribution in [3.8, 4) is 0 Å². The SMILES string of the molecule is C=C(C)/C=c1\c(=C/C)n(CC)c2ccccc12. The van der Waals surface area contributed by atoms with E-state index in [4.69, 9.17) is 0 Å². The van der Waals surface area contributed by atoms with Crippen molar-refractivity contribution in [3.63, 3.8) is 0 Å². The van der Waals surface area contributed by atoms with Gasteiger partial charge in [0.1, 0.15) is 0 Å². The van der Waals surface area contributed by atoms with Crippen LogP contribution in [0, 0.1) is 0 Å². The average molecular weight is 225 g/mol. The van der Waals surface area contributed by atoms with Crippen LogP contribution >= 0.6 is 0 Å². The third-order valence-electron chi connectivity index (χ3n) is 3.03. The Kier molecular flexibility index (Phi) is 3.19. The Morgan fingerprint density at radius 1 is 1.35 bits per heavy atom. The van der Waals surface area contributed by atoms with Gasteiger partial charge >= 0.3 is 0 Å². The Balaban J connectivity index is 3.06. The number of aromatic nitrogens is 1. The van der Waals surface area contributed by atoms with Crippen LogP contribution in [0.15, 0.2) is 36.4 Å². The molecule has 0 unspecified atom stereocenters. The number of allylic oxidation sites excluding steroid dienone is 1. The van der Waals surface area contributed by atoms with Gasteiger partial charge in [0, 0.05) is 28.0 Å². The van der Waals surface area contributed by atoms with E-state index in [9.17, 15) is 0 Å². The molecule has 0 aliphatic carbocycles. The predicted molar refractivity (Wildman–Crippen MR) is 76.3 cm³/mol. The molecule has 0 saturated heterocycles. The van der Waals surface area contributed by atoms with Gasteiger partial charge < -0.3 is 4.57 Å². The molecule has 2 rings (SSSR count). The van der Waals surface area contributed by atoms with E-state index in [1.165, 1.54) is 21.5 Å². The molecule has 2 aromatic rings. The summed E-state index contributed by atoms with van der Waals surface area (Å²) in [6.45, 7) is 11.3. The number of hydrogen-bond donors (Lipinski definition) is 0. The first-order valence-corrected chi connectivity index (χ1v) is 6.09. The van der Waals surface area contributed by atoms with Gasteiger partial charge in [-0.25, -0.2) is 0 Å². The van der Waals surface area contributed by atoms with Crippen LogP contribution < -0.4 is 10.6 Å². The summed E-state index contributed by atoms with van der Waals surface area (Å²) in [5.74, 6) is 0. The molecule has 17 heavy (non-hydrogen) atoms. The first-order valence-electron chi connectivity index (χ1n) is 6.09. The summed E-state index contributed by atoms with van der Waals surface area (Å²) in [4.78, 5) is 0. The van der Waals surface area contributed by atoms with Crippen molar-refractivity contribution in [2.45, 2.75) is 27.3 Å². The molecule has 0 saturated carbocycles. The van der Waals surface area contributed by atoms with Crippen LogP contribution in [0.3, 0.4) is 0 Å². The minimum absolute atomic E-state index is 0.990. The molecular formula is C16H19N. The van der Waals surface area contributed by atoms with E-state index in [0.717, 1.165) is 12.1 Å². The number of para-hydroxylation sites is 1. The Hall–Kier alpha value is -1.76. The standard InChI is InChI=1S/C16H19N/c1-5-15-14(11-12(3)4)13-9-7-8-10-16(13)17(15)6-2/h5,7-11H,3,6H2,1-2,4H3/b14-11-,15-5+. The summed E-state index contributed by atoms with van der Waals surface area (Å²) in [7, 11) is 0. The van der Waals surface area contributed by atoms with Crippen molar-refractivity contribution in [3.05, 3.63) is 47.0 Å². The zero-order valence-electron chi connectivity index (χ0n) is 10.8. The molecule has 88 valence electrons. The van der Waals surface area contributed by atoms with Crippen molar-refractivity contribution in [2.24, 2.45) is 0 Å². The van der Waals surface area contributed by atoms with Crippen LogP contribution in [0.2, 0.25) is 0 Å². The molecule has 0 bridgehead atoms. The van der Waals surface area contributed by atoms with Gasteiger partial charge in [-0.2, -0.15) is 0 Å². The normalized spacial score (nSPS) is 13.6. The van der Waals surface area contributed by atoms with Gasteiger partial charge in [0.15, 0.2) is 0 Å². The molecule has 0 amide bonds. The fourth-order valence-electron chi connectivity index (χ4n) is 2.40. The molecule has 0 N–H and O–H groups in total. The summed E-state index contributed by atoms with van der Waals surface area (Å²) in [6, 6.07) is 8.56. The molecule has 1 heteroatoms. The van der Waals surface area contributed by atoms with E-state index in [1.807, 2.05) is 6.92 Å². The number of benzene rings is 1. The third kappa shape index (κ3) is 1.93. The summed E-state index contributed by atoms with van der Waals surface area (Å²) in [6.07, 6.45) is 4.35. The van der Waals surface area contributed by atoms with Crippen LogP contribution in [-0.2, 0) is 6.54 Å². The minimum Gasteiger partial charge on any atom is -0.341 e. The van der Waals surface area contributed by atoms with Crippen LogP contribution in [0.1, 0.15) is 20.8 Å². The van der Waals surface area contributed by atoms with Crippen molar-refractivity contribution >= 4 is 23.1 Å². The van der Waals surface area contributed by atoms with E-state index in [0.29, 0.717) is 0 Å². The summed E-state index contributed by atoms with van der Waals surface area (Å²) in [5.41, 5.74) is 2.39. The minimum atomic E-state index is 0.990. The van der Waals surface area contributed by atoms with Crippen LogP contribution in [0.25, 0.3) is 23.1 Å². The van der Waals surface area contributed by atoms with Crippen molar-refractivity contribution in [2.75, 3.05) is 0 Å². The second kappa shape index (κ2) is 4.62. The average Bonchev–Trinajstić information content (AvgIpc) is 2.62. The van der Waals surface area contributed by atoms with Gasteiger partial charge in [0.25, 0.3) is 0 Å². The lowest BCUT2D eigenvalue weighted by molar-refractivity contribution is 0.770. The molecule has 1 aromatic heterocycles. The molecule has 1 nitrogen and oxygen atoms in total. The molecule has 0 atom stereocenters. The van der Waals surface area contributed by atoms with Gasteiger partial charge in [0.05, 0.1) is 0 Å². The number of hydrogen-bond acceptors (Lipinski definition) is 0. The summed E-state index contributed by atoms with van der Waals surface area (Å²) < 4.78 is 2.35. The topological polar surface area (TPSA) is 4.93 Å². The van der Waals surface area contributed by atoms with Crippen LogP contribution in [0.4, 0.5) is 0 Å². The van der Waals surface area contributed by atoms with Gasteiger partial charge in [-0.1, -0.05) is 36.4 Å². The highest BCUT2D eigenvalue weighted by atomic mass is 15.0. The largest absolute Gasteiger partial charge is 0.341 e. The maximum absolute atomic E-state index is 3.99. The van der Waals surface area contributed by atoms with Gasteiger partial charge in [-0.15, -0.1) is 0 Å². The molecular weight excluding hydrogens is 206 g/mol. The fraction of sp³-hybridized carbons (Fsp3) is 0.250. The summed E-state index contributed by atoms with van der Waals surface area (Å²) >= 11 is 0. The van der Waals surface area contributed by atoms with Gasteiger partial charge in [0.2, 0.25) is 0 Å². The molecule has 0 aliphatic rings. The lowest BCUT2D eigenvalue weighted by Gasteiger charge is -2.00. The van der Waals surface area contributed by atoms with Crippen molar-refractivity contribution in [1.82, 2.24) is 4.57 Å². The summed E-state index contributed by atoms with van der Waals surface area (Å²) in [5, 5.41) is 3.89. The Labute approximate surface area is 102 Å². The Morgan fingerprint density at radius 2 is 2.06 bits per heavy atom. The van der Waals surface area contributed by atoms with E-state index in [2.05, 4.69) is 61.4 Å². The third-order valence-corrected chi connectivity index (χ3v) is 3.03. The van der Waals surface area contributed by atoms with Crippen molar-refractivity contribution in [1.29, 1.82) is 0 Å². The fourth-order valence-corrected chi connectivity index (χ4v) is 2.40. The Morgan fingerprint density at radius 3 is 2.65 bits per heavy atom. The number of fused-ring (bicyclic) bond motifs is 1. The first kappa shape index (κ1) is 11.7. The smallest absolute Gasteiger partial charge is 0.0491 e. The highest BCUT2D eigenvalue weighted by Crippen LogP contribution is 2.08. The predicted octanol–water partition coefficient (Wildman–Crippen LogP) is 2.82. The Bertz CT molecular complexity index is 671. The number of aryl methyl sites for hydroxylation is 1. The van der Waals surface area contributed by atoms with E-state index in [1.54, 1.807) is 0 Å². The molecule has 0 spiro atoms. The second-order valence-corrected chi connectivity index (χ2v) is 4.34. The molecule has 0 fully saturated rings. The van der Waals surface area contributed by atoms with Crippen molar-refractivity contribution < 1.29 is 0 Å². The zero-order valence-corrected chi connectivity index (χ0v) is 10.8. The lowest BCUT2D eigenvalue weighted by Crippen LogP contribution is -2.28. The number of nitrogens with zero attached hydrogens (tertiary/aromatic N) is 1. The monoisotopic (exact) mass is 225 g/mol. The van der Waals surface area contributed by atoms with E-state index < -0.39 is 0 Å². The maximum Gasteiger partial charge on any atom is 0.0491 e.